The zero-order chi connectivity index (χ0) is 20.4. The van der Waals surface area contributed by atoms with Crippen LogP contribution in [-0.2, 0) is 16.0 Å². The minimum absolute atomic E-state index is 0.0439. The number of aryl methyl sites for hydroxylation is 2. The van der Waals surface area contributed by atoms with E-state index in [-0.39, 0.29) is 11.9 Å². The molecule has 0 unspecified atom stereocenters. The second-order valence-corrected chi connectivity index (χ2v) is 7.53. The van der Waals surface area contributed by atoms with Crippen molar-refractivity contribution in [3.05, 3.63) is 77.0 Å². The number of carbonyl (C=O) groups is 2. The molecule has 2 aromatic carbocycles. The number of esters is 1. The average Bonchev–Trinajstić information content (AvgIpc) is 2.73. The number of pyridine rings is 1. The van der Waals surface area contributed by atoms with Crippen molar-refractivity contribution in [1.29, 1.82) is 0 Å². The molecule has 0 fully saturated rings. The summed E-state index contributed by atoms with van der Waals surface area (Å²) in [7, 11) is 0. The summed E-state index contributed by atoms with van der Waals surface area (Å²) < 4.78 is 5.51. The standard InChI is InChI=1S/C24H24N2O3/c1-15-14-20(19-11-5-6-12-22(19)25-15)24(28)29-16(2)23(27)26-21-13-7-9-17-8-3-4-10-18(17)21/h3-6,8,10-12,14,16,21H,7,9,13H2,1-2H3,(H,26,27)/t16-,21+/m1/s1. The van der Waals surface area contributed by atoms with E-state index in [9.17, 15) is 9.59 Å². The number of fused-ring (bicyclic) bond motifs is 2. The van der Waals surface area contributed by atoms with Gasteiger partial charge < -0.3 is 10.1 Å². The van der Waals surface area contributed by atoms with E-state index in [4.69, 9.17) is 4.74 Å². The first-order valence-corrected chi connectivity index (χ1v) is 9.98. The number of hydrogen-bond acceptors (Lipinski definition) is 4. The SMILES string of the molecule is Cc1cc(C(=O)O[C@H](C)C(=O)N[C@H]2CCCc3ccccc32)c2ccccc2n1. The first-order valence-electron chi connectivity index (χ1n) is 9.98. The smallest absolute Gasteiger partial charge is 0.339 e. The van der Waals surface area contributed by atoms with Crippen molar-refractivity contribution in [2.24, 2.45) is 0 Å². The monoisotopic (exact) mass is 388 g/mol. The minimum Gasteiger partial charge on any atom is -0.449 e. The van der Waals surface area contributed by atoms with Crippen molar-refractivity contribution in [3.63, 3.8) is 0 Å². The third kappa shape index (κ3) is 3.99. The first kappa shape index (κ1) is 19.1. The summed E-state index contributed by atoms with van der Waals surface area (Å²) >= 11 is 0. The number of rotatable bonds is 4. The summed E-state index contributed by atoms with van der Waals surface area (Å²) in [5, 5.41) is 3.77. The maximum absolute atomic E-state index is 12.8. The molecule has 29 heavy (non-hydrogen) atoms. The third-order valence-corrected chi connectivity index (χ3v) is 5.40. The molecule has 3 aromatic rings. The number of hydrogen-bond donors (Lipinski definition) is 1. The summed E-state index contributed by atoms with van der Waals surface area (Å²) in [6, 6.07) is 17.3. The van der Waals surface area contributed by atoms with Crippen molar-refractivity contribution in [3.8, 4) is 0 Å². The highest BCUT2D eigenvalue weighted by molar-refractivity contribution is 6.04. The summed E-state index contributed by atoms with van der Waals surface area (Å²) in [5.41, 5.74) is 4.31. The molecule has 1 N–H and O–H groups in total. The number of nitrogens with zero attached hydrogens (tertiary/aromatic N) is 1. The zero-order valence-corrected chi connectivity index (χ0v) is 16.6. The van der Waals surface area contributed by atoms with Crippen molar-refractivity contribution >= 4 is 22.8 Å². The molecule has 0 spiro atoms. The van der Waals surface area contributed by atoms with Gasteiger partial charge in [-0.2, -0.15) is 0 Å². The van der Waals surface area contributed by atoms with Crippen LogP contribution in [0.1, 0.15) is 53.0 Å². The van der Waals surface area contributed by atoms with Crippen LogP contribution >= 0.6 is 0 Å². The molecule has 0 saturated carbocycles. The van der Waals surface area contributed by atoms with E-state index < -0.39 is 12.1 Å². The normalized spacial score (nSPS) is 16.7. The van der Waals surface area contributed by atoms with Crippen LogP contribution in [0, 0.1) is 6.92 Å². The van der Waals surface area contributed by atoms with Crippen LogP contribution in [0.2, 0.25) is 0 Å². The Morgan fingerprint density at radius 2 is 1.90 bits per heavy atom. The van der Waals surface area contributed by atoms with Gasteiger partial charge in [0.25, 0.3) is 5.91 Å². The molecule has 1 aliphatic rings. The molecule has 2 atom stereocenters. The molecule has 1 amide bonds. The molecule has 0 aliphatic heterocycles. The van der Waals surface area contributed by atoms with E-state index in [1.54, 1.807) is 13.0 Å². The number of ether oxygens (including phenoxy) is 1. The number of carbonyl (C=O) groups excluding carboxylic acids is 2. The number of aromatic nitrogens is 1. The Morgan fingerprint density at radius 3 is 2.76 bits per heavy atom. The Balaban J connectivity index is 1.48. The lowest BCUT2D eigenvalue weighted by molar-refractivity contribution is -0.130. The van der Waals surface area contributed by atoms with Gasteiger partial charge >= 0.3 is 5.97 Å². The fraction of sp³-hybridized carbons (Fsp3) is 0.292. The van der Waals surface area contributed by atoms with Crippen LogP contribution in [0.15, 0.2) is 54.6 Å². The van der Waals surface area contributed by atoms with Gasteiger partial charge in [0.05, 0.1) is 17.1 Å². The Morgan fingerprint density at radius 1 is 1.14 bits per heavy atom. The lowest BCUT2D eigenvalue weighted by Gasteiger charge is -2.27. The van der Waals surface area contributed by atoms with Crippen molar-refractivity contribution in [1.82, 2.24) is 10.3 Å². The third-order valence-electron chi connectivity index (χ3n) is 5.40. The largest absolute Gasteiger partial charge is 0.449 e. The van der Waals surface area contributed by atoms with Gasteiger partial charge in [-0.05, 0) is 56.4 Å². The van der Waals surface area contributed by atoms with Gasteiger partial charge in [0.15, 0.2) is 6.10 Å². The average molecular weight is 388 g/mol. The van der Waals surface area contributed by atoms with Gasteiger partial charge in [-0.1, -0.05) is 42.5 Å². The molecule has 1 heterocycles. The van der Waals surface area contributed by atoms with Crippen LogP contribution < -0.4 is 5.32 Å². The quantitative estimate of drug-likeness (QED) is 0.677. The van der Waals surface area contributed by atoms with E-state index in [0.717, 1.165) is 41.4 Å². The Labute approximate surface area is 170 Å². The molecule has 148 valence electrons. The first-order chi connectivity index (χ1) is 14.0. The minimum atomic E-state index is -0.885. The van der Waals surface area contributed by atoms with Crippen LogP contribution in [0.5, 0.6) is 0 Å². The summed E-state index contributed by atoms with van der Waals surface area (Å²) in [4.78, 5) is 29.9. The topological polar surface area (TPSA) is 68.3 Å². The van der Waals surface area contributed by atoms with Gasteiger partial charge in [-0.25, -0.2) is 4.79 Å². The maximum atomic E-state index is 12.8. The molecule has 1 aromatic heterocycles. The maximum Gasteiger partial charge on any atom is 0.339 e. The van der Waals surface area contributed by atoms with Gasteiger partial charge in [0.1, 0.15) is 0 Å². The second kappa shape index (κ2) is 8.03. The van der Waals surface area contributed by atoms with E-state index in [1.807, 2.05) is 43.3 Å². The van der Waals surface area contributed by atoms with Crippen LogP contribution in [0.25, 0.3) is 10.9 Å². The van der Waals surface area contributed by atoms with Crippen molar-refractivity contribution in [2.45, 2.75) is 45.3 Å². The fourth-order valence-corrected chi connectivity index (χ4v) is 3.95. The lowest BCUT2D eigenvalue weighted by Crippen LogP contribution is -2.39. The van der Waals surface area contributed by atoms with Gasteiger partial charge in [0.2, 0.25) is 0 Å². The molecule has 5 nitrogen and oxygen atoms in total. The predicted molar refractivity (Wildman–Crippen MR) is 112 cm³/mol. The highest BCUT2D eigenvalue weighted by atomic mass is 16.5. The molecule has 0 radical (unpaired) electrons. The predicted octanol–water partition coefficient (Wildman–Crippen LogP) is 4.28. The van der Waals surface area contributed by atoms with Crippen LogP contribution in [-0.4, -0.2) is 23.0 Å². The highest BCUT2D eigenvalue weighted by Gasteiger charge is 2.26. The molecule has 5 heteroatoms. The summed E-state index contributed by atoms with van der Waals surface area (Å²) in [5.74, 6) is -0.798. The molecular formula is C24H24N2O3. The molecule has 4 rings (SSSR count). The van der Waals surface area contributed by atoms with Crippen LogP contribution in [0.3, 0.4) is 0 Å². The Hall–Kier alpha value is -3.21. The summed E-state index contributed by atoms with van der Waals surface area (Å²) in [6.45, 7) is 3.44. The number of nitrogens with one attached hydrogen (secondary N) is 1. The Kier molecular flexibility index (Phi) is 5.30. The Bertz CT molecular complexity index is 1080. The molecule has 0 saturated heterocycles. The van der Waals surface area contributed by atoms with Crippen molar-refractivity contribution < 1.29 is 14.3 Å². The zero-order valence-electron chi connectivity index (χ0n) is 16.6. The molecular weight excluding hydrogens is 364 g/mol. The highest BCUT2D eigenvalue weighted by Crippen LogP contribution is 2.29. The van der Waals surface area contributed by atoms with Crippen LogP contribution in [0.4, 0.5) is 0 Å². The van der Waals surface area contributed by atoms with Gasteiger partial charge in [0, 0.05) is 11.1 Å². The second-order valence-electron chi connectivity index (χ2n) is 7.53. The summed E-state index contributed by atoms with van der Waals surface area (Å²) in [6.07, 6.45) is 2.06. The van der Waals surface area contributed by atoms with E-state index in [1.165, 1.54) is 5.56 Å². The van der Waals surface area contributed by atoms with E-state index in [2.05, 4.69) is 22.4 Å². The van der Waals surface area contributed by atoms with E-state index >= 15 is 0 Å². The number of para-hydroxylation sites is 1. The van der Waals surface area contributed by atoms with Gasteiger partial charge in [-0.3, -0.25) is 9.78 Å². The van der Waals surface area contributed by atoms with Crippen molar-refractivity contribution in [2.75, 3.05) is 0 Å². The lowest BCUT2D eigenvalue weighted by atomic mass is 9.87. The number of amides is 1. The fourth-order valence-electron chi connectivity index (χ4n) is 3.95. The molecule has 0 bridgehead atoms. The van der Waals surface area contributed by atoms with Gasteiger partial charge in [-0.15, -0.1) is 0 Å². The molecule has 1 aliphatic carbocycles. The number of benzene rings is 2. The van der Waals surface area contributed by atoms with E-state index in [0.29, 0.717) is 5.56 Å².